The molecule has 0 bridgehead atoms. The van der Waals surface area contributed by atoms with Crippen molar-refractivity contribution in [2.75, 3.05) is 12.5 Å². The number of aromatic nitrogens is 1. The molecule has 5 rings (SSSR count). The summed E-state index contributed by atoms with van der Waals surface area (Å²) in [5, 5.41) is 14.3. The highest BCUT2D eigenvalue weighted by Gasteiger charge is 2.22. The standard InChI is InChI=1S/C23H18FN3O4/c24-17-6-15(22-16(7-17)11-30-12-31-22)10-27-20-9-14(13-2-1-3-18(25)8-13)4-5-19(20)21(26-29)23(27)28/h1-9,28H,10-12,25H2. The molecule has 7 nitrogen and oxygen atoms in total. The molecule has 0 aliphatic carbocycles. The maximum Gasteiger partial charge on any atom is 0.222 e. The van der Waals surface area contributed by atoms with E-state index in [4.69, 9.17) is 15.2 Å². The smallest absolute Gasteiger partial charge is 0.222 e. The van der Waals surface area contributed by atoms with Crippen LogP contribution in [0.2, 0.25) is 0 Å². The Morgan fingerprint density at radius 2 is 1.97 bits per heavy atom. The molecule has 0 spiro atoms. The van der Waals surface area contributed by atoms with Gasteiger partial charge in [0.1, 0.15) is 11.6 Å². The van der Waals surface area contributed by atoms with E-state index in [9.17, 15) is 14.4 Å². The van der Waals surface area contributed by atoms with Crippen LogP contribution in [0.1, 0.15) is 11.1 Å². The number of hydrogen-bond donors (Lipinski definition) is 2. The van der Waals surface area contributed by atoms with E-state index < -0.39 is 5.82 Å². The predicted octanol–water partition coefficient (Wildman–Crippen LogP) is 5.05. The number of nitrogen functional groups attached to an aromatic ring is 1. The van der Waals surface area contributed by atoms with Gasteiger partial charge in [-0.15, -0.1) is 4.91 Å². The minimum Gasteiger partial charge on any atom is -0.493 e. The molecule has 156 valence electrons. The third kappa shape index (κ3) is 3.27. The molecule has 3 N–H and O–H groups in total. The average molecular weight is 419 g/mol. The minimum atomic E-state index is -0.437. The number of halogens is 1. The number of fused-ring (bicyclic) bond motifs is 2. The van der Waals surface area contributed by atoms with Crippen molar-refractivity contribution in [3.8, 4) is 22.8 Å². The Labute approximate surface area is 176 Å². The van der Waals surface area contributed by atoms with E-state index in [1.54, 1.807) is 12.1 Å². The van der Waals surface area contributed by atoms with Crippen LogP contribution in [0.3, 0.4) is 0 Å². The Kier molecular flexibility index (Phi) is 4.56. The number of nitrogens with two attached hydrogens (primary N) is 1. The highest BCUT2D eigenvalue weighted by atomic mass is 19.1. The lowest BCUT2D eigenvalue weighted by molar-refractivity contribution is -0.0173. The van der Waals surface area contributed by atoms with Crippen LogP contribution in [0, 0.1) is 10.7 Å². The lowest BCUT2D eigenvalue weighted by Gasteiger charge is -2.21. The highest BCUT2D eigenvalue weighted by molar-refractivity contribution is 5.97. The molecule has 0 saturated heterocycles. The number of hydrogen-bond acceptors (Lipinski definition) is 6. The number of anilines is 1. The molecule has 0 amide bonds. The molecule has 0 saturated carbocycles. The van der Waals surface area contributed by atoms with E-state index in [1.165, 1.54) is 16.7 Å². The van der Waals surface area contributed by atoms with Crippen LogP contribution in [-0.2, 0) is 17.9 Å². The fourth-order valence-corrected chi connectivity index (χ4v) is 4.01. The van der Waals surface area contributed by atoms with Crippen molar-refractivity contribution in [3.63, 3.8) is 0 Å². The van der Waals surface area contributed by atoms with Crippen molar-refractivity contribution in [1.29, 1.82) is 0 Å². The Morgan fingerprint density at radius 1 is 1.13 bits per heavy atom. The molecular formula is C23H18FN3O4. The summed E-state index contributed by atoms with van der Waals surface area (Å²) in [7, 11) is 0. The Balaban J connectivity index is 1.68. The zero-order valence-corrected chi connectivity index (χ0v) is 16.3. The van der Waals surface area contributed by atoms with Crippen LogP contribution in [0.5, 0.6) is 11.6 Å². The fraction of sp³-hybridized carbons (Fsp3) is 0.130. The first-order valence-electron chi connectivity index (χ1n) is 9.61. The Hall–Kier alpha value is -3.91. The second kappa shape index (κ2) is 7.41. The van der Waals surface area contributed by atoms with Crippen molar-refractivity contribution in [2.24, 2.45) is 5.18 Å². The van der Waals surface area contributed by atoms with Gasteiger partial charge < -0.3 is 24.9 Å². The van der Waals surface area contributed by atoms with Gasteiger partial charge in [-0.1, -0.05) is 18.2 Å². The zero-order valence-electron chi connectivity index (χ0n) is 16.3. The summed E-state index contributed by atoms with van der Waals surface area (Å²) < 4.78 is 26.6. The first kappa shape index (κ1) is 19.1. The number of nitroso groups, excluding NO2 is 1. The summed E-state index contributed by atoms with van der Waals surface area (Å²) in [5.41, 5.74) is 9.90. The second-order valence-corrected chi connectivity index (χ2v) is 7.37. The molecule has 1 aliphatic rings. The van der Waals surface area contributed by atoms with Crippen molar-refractivity contribution in [1.82, 2.24) is 4.57 Å². The van der Waals surface area contributed by atoms with Gasteiger partial charge in [0, 0.05) is 22.2 Å². The Morgan fingerprint density at radius 3 is 2.77 bits per heavy atom. The molecule has 31 heavy (non-hydrogen) atoms. The molecule has 0 radical (unpaired) electrons. The third-order valence-corrected chi connectivity index (χ3v) is 5.40. The van der Waals surface area contributed by atoms with Gasteiger partial charge in [0.2, 0.25) is 5.88 Å². The van der Waals surface area contributed by atoms with Crippen LogP contribution in [-0.4, -0.2) is 16.5 Å². The molecule has 0 fully saturated rings. The van der Waals surface area contributed by atoms with Crippen LogP contribution in [0.4, 0.5) is 15.8 Å². The van der Waals surface area contributed by atoms with Gasteiger partial charge in [-0.2, -0.15) is 0 Å². The number of benzene rings is 3. The van der Waals surface area contributed by atoms with E-state index in [1.807, 2.05) is 30.3 Å². The summed E-state index contributed by atoms with van der Waals surface area (Å²) >= 11 is 0. The van der Waals surface area contributed by atoms with Crippen LogP contribution < -0.4 is 10.5 Å². The van der Waals surface area contributed by atoms with E-state index in [0.717, 1.165) is 11.1 Å². The number of ether oxygens (including phenoxy) is 2. The van der Waals surface area contributed by atoms with E-state index in [0.29, 0.717) is 33.5 Å². The predicted molar refractivity (Wildman–Crippen MR) is 115 cm³/mol. The monoisotopic (exact) mass is 419 g/mol. The van der Waals surface area contributed by atoms with Crippen molar-refractivity contribution >= 4 is 22.3 Å². The lowest BCUT2D eigenvalue weighted by Crippen LogP contribution is -2.14. The molecule has 4 aromatic rings. The molecule has 2 heterocycles. The molecule has 0 unspecified atom stereocenters. The second-order valence-electron chi connectivity index (χ2n) is 7.37. The minimum absolute atomic E-state index is 0.0603. The molecular weight excluding hydrogens is 401 g/mol. The average Bonchev–Trinajstić information content (AvgIpc) is 3.03. The summed E-state index contributed by atoms with van der Waals surface area (Å²) in [5.74, 6) is -0.214. The van der Waals surface area contributed by atoms with Gasteiger partial charge in [-0.25, -0.2) is 4.39 Å². The van der Waals surface area contributed by atoms with Gasteiger partial charge >= 0.3 is 0 Å². The van der Waals surface area contributed by atoms with Crippen LogP contribution in [0.25, 0.3) is 22.0 Å². The molecule has 0 atom stereocenters. The Bertz CT molecular complexity index is 1330. The molecule has 3 aromatic carbocycles. The van der Waals surface area contributed by atoms with E-state index >= 15 is 0 Å². The SMILES string of the molecule is Nc1cccc(-c2ccc3c(N=O)c(O)n(Cc4cc(F)cc5c4OCOC5)c3c2)c1. The van der Waals surface area contributed by atoms with Crippen molar-refractivity contribution < 1.29 is 19.0 Å². The summed E-state index contributed by atoms with van der Waals surface area (Å²) in [6, 6.07) is 15.5. The number of nitrogens with zero attached hydrogens (tertiary/aromatic N) is 2. The largest absolute Gasteiger partial charge is 0.493 e. The molecule has 8 heteroatoms. The summed E-state index contributed by atoms with van der Waals surface area (Å²) in [4.78, 5) is 11.5. The normalized spacial score (nSPS) is 13.1. The fourth-order valence-electron chi connectivity index (χ4n) is 4.01. The van der Waals surface area contributed by atoms with Crippen LogP contribution in [0.15, 0.2) is 59.8 Å². The lowest BCUT2D eigenvalue weighted by atomic mass is 10.0. The topological polar surface area (TPSA) is 99.1 Å². The first-order chi connectivity index (χ1) is 15.0. The van der Waals surface area contributed by atoms with Crippen LogP contribution >= 0.6 is 0 Å². The quantitative estimate of drug-likeness (QED) is 0.356. The van der Waals surface area contributed by atoms with Gasteiger partial charge in [-0.05, 0) is 52.7 Å². The molecule has 1 aromatic heterocycles. The first-order valence-corrected chi connectivity index (χ1v) is 9.61. The zero-order chi connectivity index (χ0) is 21.5. The summed E-state index contributed by atoms with van der Waals surface area (Å²) in [6.07, 6.45) is 0. The van der Waals surface area contributed by atoms with Gasteiger partial charge in [0.25, 0.3) is 0 Å². The highest BCUT2D eigenvalue weighted by Crippen LogP contribution is 2.41. The summed E-state index contributed by atoms with van der Waals surface area (Å²) in [6.45, 7) is 0.377. The van der Waals surface area contributed by atoms with Gasteiger partial charge in [-0.3, -0.25) is 0 Å². The van der Waals surface area contributed by atoms with Gasteiger partial charge in [0.05, 0.1) is 18.7 Å². The number of aromatic hydroxyl groups is 1. The van der Waals surface area contributed by atoms with Crippen molar-refractivity contribution in [3.05, 3.63) is 76.4 Å². The van der Waals surface area contributed by atoms with E-state index in [-0.39, 0.29) is 31.5 Å². The maximum absolute atomic E-state index is 14.2. The van der Waals surface area contributed by atoms with Gasteiger partial charge in [0.15, 0.2) is 12.5 Å². The maximum atomic E-state index is 14.2. The van der Waals surface area contributed by atoms with Crippen molar-refractivity contribution in [2.45, 2.75) is 13.2 Å². The molecule has 1 aliphatic heterocycles. The number of rotatable bonds is 4. The van der Waals surface area contributed by atoms with E-state index in [2.05, 4.69) is 5.18 Å². The third-order valence-electron chi connectivity index (χ3n) is 5.40.